The normalized spacial score (nSPS) is 11.2. The first-order valence-electron chi connectivity index (χ1n) is 3.75. The molecule has 0 aromatic heterocycles. The first-order valence-corrected chi connectivity index (χ1v) is 3.75. The molecule has 3 N–H and O–H groups in total. The highest BCUT2D eigenvalue weighted by Gasteiger charge is 2.10. The molecule has 1 amide bonds. The van der Waals surface area contributed by atoms with Crippen LogP contribution in [0.5, 0.6) is 0 Å². The lowest BCUT2D eigenvalue weighted by atomic mass is 10.2. The maximum absolute atomic E-state index is 10.8. The molecule has 0 saturated carbocycles. The molecule has 0 spiro atoms. The molecule has 0 atom stereocenters. The van der Waals surface area contributed by atoms with Gasteiger partial charge < -0.3 is 15.9 Å². The van der Waals surface area contributed by atoms with Crippen LogP contribution in [-0.2, 0) is 14.4 Å². The van der Waals surface area contributed by atoms with Gasteiger partial charge in [-0.25, -0.2) is 4.79 Å². The number of nitrogens with zero attached hydrogens (tertiary/aromatic N) is 1. The number of carbonyl (C=O) groups is 2. The van der Waals surface area contributed by atoms with Crippen LogP contribution >= 0.6 is 0 Å². The monoisotopic (exact) mass is 187 g/mol. The third-order valence-corrected chi connectivity index (χ3v) is 1.17. The van der Waals surface area contributed by atoms with Crippen LogP contribution in [0, 0.1) is 5.92 Å². The molecule has 74 valence electrons. The summed E-state index contributed by atoms with van der Waals surface area (Å²) in [4.78, 5) is 25.9. The van der Waals surface area contributed by atoms with Gasteiger partial charge in [0.25, 0.3) is 5.91 Å². The van der Waals surface area contributed by atoms with Crippen molar-refractivity contribution >= 4 is 17.7 Å². The van der Waals surface area contributed by atoms with Crippen LogP contribution in [0.4, 0.5) is 0 Å². The van der Waals surface area contributed by atoms with E-state index in [0.717, 1.165) is 0 Å². The van der Waals surface area contributed by atoms with Crippen molar-refractivity contribution in [3.63, 3.8) is 0 Å². The number of oxime groups is 1. The highest BCUT2D eigenvalue weighted by Crippen LogP contribution is 1.95. The Hall–Kier alpha value is -1.59. The quantitative estimate of drug-likeness (QED) is 0.256. The Morgan fingerprint density at radius 1 is 1.46 bits per heavy atom. The molecule has 0 aromatic rings. The van der Waals surface area contributed by atoms with Gasteiger partial charge in [-0.15, -0.1) is 0 Å². The summed E-state index contributed by atoms with van der Waals surface area (Å²) < 4.78 is 0. The summed E-state index contributed by atoms with van der Waals surface area (Å²) in [5, 5.41) is 5.38. The molecule has 0 rings (SSSR count). The van der Waals surface area contributed by atoms with Crippen molar-refractivity contribution in [3.8, 4) is 0 Å². The Labute approximate surface area is 76.1 Å². The molecular formula is C7H13N3O3. The number of nitrogens with two attached hydrogens (primary N) is 1. The number of carbonyl (C=O) groups excluding carboxylic acids is 2. The van der Waals surface area contributed by atoms with E-state index < -0.39 is 11.9 Å². The Morgan fingerprint density at radius 3 is 2.38 bits per heavy atom. The van der Waals surface area contributed by atoms with Gasteiger partial charge in [0.2, 0.25) is 5.84 Å². The number of amides is 1. The number of hydrogen-bond donors (Lipinski definition) is 2. The lowest BCUT2D eigenvalue weighted by Gasteiger charge is -2.01. The van der Waals surface area contributed by atoms with Gasteiger partial charge in [-0.2, -0.15) is 0 Å². The van der Waals surface area contributed by atoms with Crippen molar-refractivity contribution in [2.45, 2.75) is 13.8 Å². The van der Waals surface area contributed by atoms with Gasteiger partial charge >= 0.3 is 5.97 Å². The highest BCUT2D eigenvalue weighted by molar-refractivity contribution is 6.37. The predicted molar refractivity (Wildman–Crippen MR) is 46.6 cm³/mol. The number of amidine groups is 1. The molecule has 0 aromatic carbocycles. The second-order valence-electron chi connectivity index (χ2n) is 2.62. The van der Waals surface area contributed by atoms with Crippen LogP contribution in [0.3, 0.4) is 0 Å². The van der Waals surface area contributed by atoms with Gasteiger partial charge in [-0.3, -0.25) is 4.79 Å². The van der Waals surface area contributed by atoms with Crippen molar-refractivity contribution in [1.82, 2.24) is 5.32 Å². The summed E-state index contributed by atoms with van der Waals surface area (Å²) in [5.74, 6) is -1.80. The molecule has 0 unspecified atom stereocenters. The standard InChI is InChI=1S/C7H13N3O3/c1-4(2)7(12)13-10-5(8)6(11)9-3/h4H,1-3H3,(H2,8,10)(H,9,11). The summed E-state index contributed by atoms with van der Waals surface area (Å²) in [5.41, 5.74) is 5.14. The molecule has 0 radical (unpaired) electrons. The molecule has 0 bridgehead atoms. The summed E-state index contributed by atoms with van der Waals surface area (Å²) in [6.07, 6.45) is 0. The van der Waals surface area contributed by atoms with Crippen LogP contribution in [0.15, 0.2) is 5.16 Å². The SMILES string of the molecule is CNC(=O)/C(N)=N\OC(=O)C(C)C. The zero-order valence-corrected chi connectivity index (χ0v) is 7.83. The molecule has 0 fully saturated rings. The number of nitrogens with one attached hydrogen (secondary N) is 1. The Bertz CT molecular complexity index is 235. The molecule has 0 aliphatic heterocycles. The molecule has 0 aliphatic carbocycles. The Balaban J connectivity index is 4.12. The largest absolute Gasteiger partial charge is 0.376 e. The lowest BCUT2D eigenvalue weighted by molar-refractivity contribution is -0.147. The summed E-state index contributed by atoms with van der Waals surface area (Å²) in [7, 11) is 1.40. The van der Waals surface area contributed by atoms with Crippen molar-refractivity contribution in [2.24, 2.45) is 16.8 Å². The number of likely N-dealkylation sites (N-methyl/N-ethyl adjacent to an activating group) is 1. The summed E-state index contributed by atoms with van der Waals surface area (Å²) >= 11 is 0. The Kier molecular flexibility index (Phi) is 4.50. The summed E-state index contributed by atoms with van der Waals surface area (Å²) in [6.45, 7) is 3.29. The average molecular weight is 187 g/mol. The maximum Gasteiger partial charge on any atom is 0.337 e. The first-order chi connectivity index (χ1) is 5.99. The zero-order valence-electron chi connectivity index (χ0n) is 7.83. The van der Waals surface area contributed by atoms with E-state index in [1.54, 1.807) is 13.8 Å². The summed E-state index contributed by atoms with van der Waals surface area (Å²) in [6, 6.07) is 0. The zero-order chi connectivity index (χ0) is 10.4. The van der Waals surface area contributed by atoms with Gasteiger partial charge in [0.05, 0.1) is 5.92 Å². The van der Waals surface area contributed by atoms with Crippen LogP contribution in [0.25, 0.3) is 0 Å². The first kappa shape index (κ1) is 11.4. The van der Waals surface area contributed by atoms with Crippen LogP contribution in [0.2, 0.25) is 0 Å². The predicted octanol–water partition coefficient (Wildman–Crippen LogP) is -0.796. The van der Waals surface area contributed by atoms with Gasteiger partial charge in [-0.1, -0.05) is 19.0 Å². The van der Waals surface area contributed by atoms with Crippen LogP contribution in [-0.4, -0.2) is 24.8 Å². The van der Waals surface area contributed by atoms with E-state index in [-0.39, 0.29) is 11.8 Å². The number of hydrogen-bond acceptors (Lipinski definition) is 4. The molecule has 6 nitrogen and oxygen atoms in total. The number of rotatable bonds is 2. The van der Waals surface area contributed by atoms with Gasteiger partial charge in [-0.05, 0) is 0 Å². The van der Waals surface area contributed by atoms with Crippen LogP contribution in [0.1, 0.15) is 13.8 Å². The smallest absolute Gasteiger partial charge is 0.337 e. The van der Waals surface area contributed by atoms with E-state index in [1.165, 1.54) is 7.05 Å². The Morgan fingerprint density at radius 2 is 2.00 bits per heavy atom. The minimum Gasteiger partial charge on any atom is -0.376 e. The molecular weight excluding hydrogens is 174 g/mol. The molecule has 13 heavy (non-hydrogen) atoms. The highest BCUT2D eigenvalue weighted by atomic mass is 16.7. The van der Waals surface area contributed by atoms with E-state index in [2.05, 4.69) is 15.3 Å². The van der Waals surface area contributed by atoms with Gasteiger partial charge in [0.1, 0.15) is 0 Å². The fourth-order valence-corrected chi connectivity index (χ4v) is 0.369. The molecule has 0 saturated heterocycles. The van der Waals surface area contributed by atoms with Crippen molar-refractivity contribution in [3.05, 3.63) is 0 Å². The van der Waals surface area contributed by atoms with Crippen molar-refractivity contribution in [2.75, 3.05) is 7.05 Å². The van der Waals surface area contributed by atoms with Crippen molar-refractivity contribution in [1.29, 1.82) is 0 Å². The minimum atomic E-state index is -0.587. The molecule has 6 heteroatoms. The third-order valence-electron chi connectivity index (χ3n) is 1.17. The van der Waals surface area contributed by atoms with E-state index in [1.807, 2.05) is 0 Å². The second-order valence-corrected chi connectivity index (χ2v) is 2.62. The fraction of sp³-hybridized carbons (Fsp3) is 0.571. The van der Waals surface area contributed by atoms with Gasteiger partial charge in [0.15, 0.2) is 0 Å². The van der Waals surface area contributed by atoms with E-state index in [9.17, 15) is 9.59 Å². The molecule has 0 heterocycles. The fourth-order valence-electron chi connectivity index (χ4n) is 0.369. The van der Waals surface area contributed by atoms with Crippen LogP contribution < -0.4 is 11.1 Å². The molecule has 0 aliphatic rings. The second kappa shape index (κ2) is 5.13. The lowest BCUT2D eigenvalue weighted by Crippen LogP contribution is -2.34. The third kappa shape index (κ3) is 4.09. The van der Waals surface area contributed by atoms with E-state index in [0.29, 0.717) is 0 Å². The van der Waals surface area contributed by atoms with Crippen molar-refractivity contribution < 1.29 is 14.4 Å². The maximum atomic E-state index is 10.8. The van der Waals surface area contributed by atoms with E-state index >= 15 is 0 Å². The minimum absolute atomic E-state index is 0.304. The topological polar surface area (TPSA) is 93.8 Å². The van der Waals surface area contributed by atoms with Gasteiger partial charge in [0, 0.05) is 7.05 Å². The average Bonchev–Trinajstić information content (AvgIpc) is 2.11. The van der Waals surface area contributed by atoms with E-state index in [4.69, 9.17) is 5.73 Å².